The van der Waals surface area contributed by atoms with E-state index in [9.17, 15) is 4.79 Å². The molecule has 1 amide bonds. The van der Waals surface area contributed by atoms with Crippen LogP contribution in [0.25, 0.3) is 0 Å². The fourth-order valence-electron chi connectivity index (χ4n) is 1.73. The molecule has 21 heavy (non-hydrogen) atoms. The van der Waals surface area contributed by atoms with Crippen LogP contribution in [0.5, 0.6) is 5.75 Å². The van der Waals surface area contributed by atoms with Crippen molar-refractivity contribution in [3.05, 3.63) is 52.2 Å². The second kappa shape index (κ2) is 7.59. The van der Waals surface area contributed by atoms with Gasteiger partial charge in [-0.15, -0.1) is 11.3 Å². The van der Waals surface area contributed by atoms with Crippen LogP contribution in [-0.4, -0.2) is 18.2 Å². The van der Waals surface area contributed by atoms with Gasteiger partial charge in [0, 0.05) is 4.88 Å². The molecule has 0 unspecified atom stereocenters. The maximum Gasteiger partial charge on any atom is 0.275 e. The van der Waals surface area contributed by atoms with E-state index in [1.165, 1.54) is 0 Å². The summed E-state index contributed by atoms with van der Waals surface area (Å²) in [5.74, 6) is 0.318. The zero-order valence-electron chi connectivity index (χ0n) is 12.1. The maximum absolute atomic E-state index is 12.2. The first-order chi connectivity index (χ1) is 10.2. The number of nitrogens with one attached hydrogen (secondary N) is 1. The third-order valence-electron chi connectivity index (χ3n) is 2.80. The molecule has 0 atom stereocenters. The number of hydrogen-bond donors (Lipinski definition) is 1. The molecule has 1 heterocycles. The van der Waals surface area contributed by atoms with E-state index in [0.29, 0.717) is 17.9 Å². The summed E-state index contributed by atoms with van der Waals surface area (Å²) in [6.07, 6.45) is 0.894. The Bertz CT molecular complexity index is 621. The number of hydrogen-bond acceptors (Lipinski definition) is 4. The van der Waals surface area contributed by atoms with E-state index in [4.69, 9.17) is 4.74 Å². The summed E-state index contributed by atoms with van der Waals surface area (Å²) in [5.41, 5.74) is 3.86. The first kappa shape index (κ1) is 15.3. The Morgan fingerprint density at radius 3 is 2.81 bits per heavy atom. The summed E-state index contributed by atoms with van der Waals surface area (Å²) in [6.45, 7) is 4.48. The molecule has 0 aliphatic carbocycles. The van der Waals surface area contributed by atoms with Crippen molar-refractivity contribution in [1.82, 2.24) is 5.43 Å². The van der Waals surface area contributed by atoms with Gasteiger partial charge >= 0.3 is 0 Å². The van der Waals surface area contributed by atoms with Gasteiger partial charge in [0.25, 0.3) is 5.91 Å². The van der Waals surface area contributed by atoms with Crippen LogP contribution < -0.4 is 10.2 Å². The first-order valence-electron chi connectivity index (χ1n) is 6.82. The summed E-state index contributed by atoms with van der Waals surface area (Å²) >= 11 is 1.59. The molecule has 1 N–H and O–H groups in total. The van der Waals surface area contributed by atoms with Gasteiger partial charge in [-0.2, -0.15) is 5.10 Å². The predicted molar refractivity (Wildman–Crippen MR) is 86.2 cm³/mol. The molecular weight excluding hydrogens is 284 g/mol. The molecule has 0 spiro atoms. The number of carbonyl (C=O) groups excluding carboxylic acids is 1. The van der Waals surface area contributed by atoms with Crippen LogP contribution in [0.15, 0.2) is 46.9 Å². The highest BCUT2D eigenvalue weighted by molar-refractivity contribution is 7.12. The Balaban J connectivity index is 2.08. The second-order valence-corrected chi connectivity index (χ2v) is 5.41. The van der Waals surface area contributed by atoms with Gasteiger partial charge < -0.3 is 4.74 Å². The molecule has 0 saturated carbocycles. The molecule has 1 aromatic carbocycles. The van der Waals surface area contributed by atoms with Crippen LogP contribution in [0.3, 0.4) is 0 Å². The van der Waals surface area contributed by atoms with Crippen molar-refractivity contribution in [2.24, 2.45) is 5.10 Å². The normalized spacial score (nSPS) is 11.2. The van der Waals surface area contributed by atoms with Crippen molar-refractivity contribution in [1.29, 1.82) is 0 Å². The largest absolute Gasteiger partial charge is 0.493 e. The van der Waals surface area contributed by atoms with E-state index in [1.807, 2.05) is 43.5 Å². The number of benzene rings is 1. The molecule has 0 aliphatic rings. The van der Waals surface area contributed by atoms with Crippen molar-refractivity contribution in [3.8, 4) is 5.75 Å². The number of carbonyl (C=O) groups is 1. The van der Waals surface area contributed by atoms with Crippen LogP contribution in [0.1, 0.15) is 35.5 Å². The lowest BCUT2D eigenvalue weighted by molar-refractivity contribution is 0.0950. The summed E-state index contributed by atoms with van der Waals surface area (Å²) < 4.78 is 5.58. The minimum atomic E-state index is -0.266. The average Bonchev–Trinajstić information content (AvgIpc) is 3.05. The van der Waals surface area contributed by atoms with Crippen LogP contribution in [-0.2, 0) is 0 Å². The van der Waals surface area contributed by atoms with E-state index in [0.717, 1.165) is 17.0 Å². The number of para-hydroxylation sites is 1. The molecule has 2 rings (SSSR count). The van der Waals surface area contributed by atoms with Gasteiger partial charge in [-0.25, -0.2) is 5.43 Å². The first-order valence-corrected chi connectivity index (χ1v) is 7.70. The number of hydrazone groups is 1. The quantitative estimate of drug-likeness (QED) is 0.653. The van der Waals surface area contributed by atoms with Crippen LogP contribution in [0.4, 0.5) is 0 Å². The van der Waals surface area contributed by atoms with Gasteiger partial charge in [-0.3, -0.25) is 4.79 Å². The third-order valence-corrected chi connectivity index (χ3v) is 3.77. The molecule has 0 radical (unpaired) electrons. The van der Waals surface area contributed by atoms with Crippen LogP contribution in [0, 0.1) is 0 Å². The fraction of sp³-hybridized carbons (Fsp3) is 0.250. The number of nitrogens with zero attached hydrogens (tertiary/aromatic N) is 1. The lowest BCUT2D eigenvalue weighted by atomic mass is 10.2. The SMILES string of the molecule is CCCOc1ccccc1C(=O)NN=C(C)c1cccs1. The summed E-state index contributed by atoms with van der Waals surface area (Å²) in [7, 11) is 0. The zero-order chi connectivity index (χ0) is 15.1. The van der Waals surface area contributed by atoms with Crippen molar-refractivity contribution < 1.29 is 9.53 Å². The molecule has 5 heteroatoms. The third kappa shape index (κ3) is 4.16. The Labute approximate surface area is 128 Å². The van der Waals surface area contributed by atoms with Gasteiger partial charge in [-0.1, -0.05) is 25.1 Å². The summed E-state index contributed by atoms with van der Waals surface area (Å²) in [6, 6.07) is 11.1. The molecule has 0 fully saturated rings. The summed E-state index contributed by atoms with van der Waals surface area (Å²) in [4.78, 5) is 13.2. The van der Waals surface area contributed by atoms with Gasteiger partial charge in [-0.05, 0) is 36.9 Å². The Hall–Kier alpha value is -2.14. The van der Waals surface area contributed by atoms with Gasteiger partial charge in [0.2, 0.25) is 0 Å². The van der Waals surface area contributed by atoms with Crippen molar-refractivity contribution in [2.45, 2.75) is 20.3 Å². The molecule has 2 aromatic rings. The maximum atomic E-state index is 12.2. The molecule has 1 aromatic heterocycles. The fourth-order valence-corrected chi connectivity index (χ4v) is 2.40. The lowest BCUT2D eigenvalue weighted by Crippen LogP contribution is -2.20. The van der Waals surface area contributed by atoms with Crippen LogP contribution in [0.2, 0.25) is 0 Å². The van der Waals surface area contributed by atoms with Gasteiger partial charge in [0.1, 0.15) is 5.75 Å². The smallest absolute Gasteiger partial charge is 0.275 e. The standard InChI is InChI=1S/C16H18N2O2S/c1-3-10-20-14-8-5-4-7-13(14)16(19)18-17-12(2)15-9-6-11-21-15/h4-9,11H,3,10H2,1-2H3,(H,18,19). The molecule has 4 nitrogen and oxygen atoms in total. The van der Waals surface area contributed by atoms with E-state index in [1.54, 1.807) is 23.5 Å². The van der Waals surface area contributed by atoms with Crippen molar-refractivity contribution in [3.63, 3.8) is 0 Å². The molecule has 110 valence electrons. The average molecular weight is 302 g/mol. The number of rotatable bonds is 6. The monoisotopic (exact) mass is 302 g/mol. The number of amides is 1. The molecule has 0 aliphatic heterocycles. The highest BCUT2D eigenvalue weighted by Crippen LogP contribution is 2.18. The van der Waals surface area contributed by atoms with Gasteiger partial charge in [0.05, 0.1) is 17.9 Å². The van der Waals surface area contributed by atoms with E-state index >= 15 is 0 Å². The molecular formula is C16H18N2O2S. The van der Waals surface area contributed by atoms with Crippen LogP contribution >= 0.6 is 11.3 Å². The van der Waals surface area contributed by atoms with E-state index < -0.39 is 0 Å². The van der Waals surface area contributed by atoms with Crippen molar-refractivity contribution in [2.75, 3.05) is 6.61 Å². The summed E-state index contributed by atoms with van der Waals surface area (Å²) in [5, 5.41) is 6.11. The topological polar surface area (TPSA) is 50.7 Å². The Morgan fingerprint density at radius 2 is 2.10 bits per heavy atom. The zero-order valence-corrected chi connectivity index (χ0v) is 12.9. The minimum Gasteiger partial charge on any atom is -0.493 e. The van der Waals surface area contributed by atoms with Gasteiger partial charge in [0.15, 0.2) is 0 Å². The number of ether oxygens (including phenoxy) is 1. The predicted octanol–water partition coefficient (Wildman–Crippen LogP) is 3.69. The Kier molecular flexibility index (Phi) is 5.51. The molecule has 0 saturated heterocycles. The lowest BCUT2D eigenvalue weighted by Gasteiger charge is -2.09. The highest BCUT2D eigenvalue weighted by Gasteiger charge is 2.11. The minimum absolute atomic E-state index is 0.266. The van der Waals surface area contributed by atoms with E-state index in [2.05, 4.69) is 10.5 Å². The highest BCUT2D eigenvalue weighted by atomic mass is 32.1. The number of thiophene rings is 1. The molecule has 0 bridgehead atoms. The van der Waals surface area contributed by atoms with Crippen molar-refractivity contribution >= 4 is 23.0 Å². The van der Waals surface area contributed by atoms with E-state index in [-0.39, 0.29) is 5.91 Å². The Morgan fingerprint density at radius 1 is 1.29 bits per heavy atom. The second-order valence-electron chi connectivity index (χ2n) is 4.46.